The van der Waals surface area contributed by atoms with Crippen LogP contribution in [0.2, 0.25) is 0 Å². The molecule has 0 fully saturated rings. The molecule has 0 radical (unpaired) electrons. The van der Waals surface area contributed by atoms with Gasteiger partial charge in [-0.05, 0) is 49.4 Å². The van der Waals surface area contributed by atoms with Crippen LogP contribution in [-0.2, 0) is 29.2 Å². The molecule has 7 nitrogen and oxygen atoms in total. The fourth-order valence-electron chi connectivity index (χ4n) is 3.42. The van der Waals surface area contributed by atoms with Gasteiger partial charge in [0.1, 0.15) is 22.3 Å². The van der Waals surface area contributed by atoms with Gasteiger partial charge in [0.2, 0.25) is 0 Å². The molecule has 0 aliphatic rings. The maximum Gasteiger partial charge on any atom is 1.00 e. The average molecular weight is 473 g/mol. The molecule has 0 aromatic carbocycles. The van der Waals surface area contributed by atoms with Crippen molar-refractivity contribution in [3.05, 3.63) is 0 Å². The molecule has 0 rings (SSSR count). The summed E-state index contributed by atoms with van der Waals surface area (Å²) in [6.45, 7) is 15.8. The SMILES string of the molecule is CC(C)CC(CC(C)C)OC(=O)CC(C(=O)OC(CC(C)C)CC(C)C)S(=O)(=O)[O-].[Na+]. The monoisotopic (exact) mass is 472 g/mol. The average Bonchev–Trinajstić information content (AvgIpc) is 2.48. The van der Waals surface area contributed by atoms with Crippen molar-refractivity contribution in [2.24, 2.45) is 23.7 Å². The number of ether oxygens (including phenoxy) is 2. The van der Waals surface area contributed by atoms with Crippen molar-refractivity contribution in [3.63, 3.8) is 0 Å². The summed E-state index contributed by atoms with van der Waals surface area (Å²) in [6.07, 6.45) is 0.607. The first-order valence-electron chi connectivity index (χ1n) is 11.0. The van der Waals surface area contributed by atoms with E-state index in [1.165, 1.54) is 0 Å². The minimum atomic E-state index is -5.07. The molecule has 31 heavy (non-hydrogen) atoms. The zero-order valence-corrected chi connectivity index (χ0v) is 23.7. The van der Waals surface area contributed by atoms with E-state index in [2.05, 4.69) is 0 Å². The minimum absolute atomic E-state index is 0. The summed E-state index contributed by atoms with van der Waals surface area (Å²) in [5.74, 6) is -1.04. The fourth-order valence-corrected chi connectivity index (χ4v) is 4.05. The van der Waals surface area contributed by atoms with E-state index in [4.69, 9.17) is 9.47 Å². The molecule has 0 saturated heterocycles. The van der Waals surface area contributed by atoms with E-state index in [-0.39, 0.29) is 53.2 Å². The van der Waals surface area contributed by atoms with Crippen LogP contribution in [-0.4, -0.2) is 42.4 Å². The van der Waals surface area contributed by atoms with E-state index in [1.54, 1.807) is 0 Å². The molecule has 0 aromatic rings. The van der Waals surface area contributed by atoms with Crippen LogP contribution < -0.4 is 29.6 Å². The van der Waals surface area contributed by atoms with Crippen LogP contribution in [0.5, 0.6) is 0 Å². The quantitative estimate of drug-likeness (QED) is 0.213. The number of esters is 2. The number of carbonyl (C=O) groups is 2. The summed E-state index contributed by atoms with van der Waals surface area (Å²) in [7, 11) is -5.07. The first-order chi connectivity index (χ1) is 13.6. The Morgan fingerprint density at radius 3 is 1.32 bits per heavy atom. The third-order valence-corrected chi connectivity index (χ3v) is 5.54. The maximum atomic E-state index is 12.5. The van der Waals surface area contributed by atoms with Gasteiger partial charge in [0.05, 0.1) is 6.42 Å². The molecule has 0 amide bonds. The van der Waals surface area contributed by atoms with Crippen LogP contribution in [0.15, 0.2) is 0 Å². The molecule has 0 saturated carbocycles. The van der Waals surface area contributed by atoms with Gasteiger partial charge in [0, 0.05) is 0 Å². The Morgan fingerprint density at radius 1 is 0.710 bits per heavy atom. The summed E-state index contributed by atoms with van der Waals surface area (Å²) < 4.78 is 45.9. The summed E-state index contributed by atoms with van der Waals surface area (Å²) in [4.78, 5) is 24.9. The van der Waals surface area contributed by atoms with Gasteiger partial charge in [-0.25, -0.2) is 8.42 Å². The van der Waals surface area contributed by atoms with Crippen molar-refractivity contribution < 1.29 is 61.6 Å². The third-order valence-electron chi connectivity index (χ3n) is 4.48. The largest absolute Gasteiger partial charge is 1.00 e. The van der Waals surface area contributed by atoms with E-state index in [0.717, 1.165) is 0 Å². The Labute approximate surface area is 211 Å². The van der Waals surface area contributed by atoms with E-state index in [1.807, 2.05) is 55.4 Å². The summed E-state index contributed by atoms with van der Waals surface area (Å²) in [5, 5.41) is -2.09. The Hall–Kier alpha value is -0.150. The molecular formula is C22H41NaO7S. The van der Waals surface area contributed by atoms with Crippen LogP contribution >= 0.6 is 0 Å². The standard InChI is InChI=1S/C22H42O7S.Na/c1-14(2)9-18(10-15(3)4)28-21(23)13-20(30(25,26)27)22(24)29-19(11-16(5)6)12-17(7)8;/h14-20H,9-13H2,1-8H3,(H,25,26,27);/q;+1/p-1. The smallest absolute Gasteiger partial charge is 0.747 e. The van der Waals surface area contributed by atoms with Gasteiger partial charge in [0.15, 0.2) is 5.25 Å². The molecular weight excluding hydrogens is 431 g/mol. The molecule has 1 atom stereocenters. The molecule has 0 N–H and O–H groups in total. The van der Waals surface area contributed by atoms with Gasteiger partial charge in [-0.15, -0.1) is 0 Å². The molecule has 0 aliphatic heterocycles. The van der Waals surface area contributed by atoms with E-state index < -0.39 is 45.9 Å². The zero-order chi connectivity index (χ0) is 23.6. The maximum absolute atomic E-state index is 12.5. The van der Waals surface area contributed by atoms with Gasteiger partial charge in [-0.2, -0.15) is 0 Å². The molecule has 0 aliphatic carbocycles. The fraction of sp³-hybridized carbons (Fsp3) is 0.909. The van der Waals surface area contributed by atoms with E-state index in [9.17, 15) is 22.6 Å². The van der Waals surface area contributed by atoms with Crippen molar-refractivity contribution >= 4 is 22.1 Å². The molecule has 0 bridgehead atoms. The van der Waals surface area contributed by atoms with Crippen molar-refractivity contribution in [2.75, 3.05) is 0 Å². The first-order valence-corrected chi connectivity index (χ1v) is 12.4. The normalized spacial score (nSPS) is 13.3. The number of hydrogen-bond donors (Lipinski definition) is 0. The molecule has 0 aromatic heterocycles. The van der Waals surface area contributed by atoms with Crippen LogP contribution in [0.25, 0.3) is 0 Å². The van der Waals surface area contributed by atoms with Crippen molar-refractivity contribution in [3.8, 4) is 0 Å². The third kappa shape index (κ3) is 16.2. The Bertz CT molecular complexity index is 610. The van der Waals surface area contributed by atoms with Gasteiger partial charge in [-0.1, -0.05) is 55.4 Å². The number of carbonyl (C=O) groups excluding carboxylic acids is 2. The van der Waals surface area contributed by atoms with Crippen molar-refractivity contribution in [1.82, 2.24) is 0 Å². The van der Waals surface area contributed by atoms with Gasteiger partial charge < -0.3 is 14.0 Å². The second-order valence-electron chi connectivity index (χ2n) is 9.87. The van der Waals surface area contributed by atoms with Gasteiger partial charge >= 0.3 is 41.5 Å². The Morgan fingerprint density at radius 2 is 1.03 bits per heavy atom. The topological polar surface area (TPSA) is 110 Å². The van der Waals surface area contributed by atoms with E-state index in [0.29, 0.717) is 25.7 Å². The molecule has 1 unspecified atom stereocenters. The first kappa shape index (κ1) is 33.0. The number of hydrogen-bond acceptors (Lipinski definition) is 7. The van der Waals surface area contributed by atoms with Crippen LogP contribution in [0.4, 0.5) is 0 Å². The molecule has 0 spiro atoms. The zero-order valence-electron chi connectivity index (χ0n) is 20.8. The second kappa shape index (κ2) is 15.6. The molecule has 9 heteroatoms. The van der Waals surface area contributed by atoms with Crippen LogP contribution in [0.3, 0.4) is 0 Å². The summed E-state index contributed by atoms with van der Waals surface area (Å²) >= 11 is 0. The minimum Gasteiger partial charge on any atom is -0.747 e. The van der Waals surface area contributed by atoms with Crippen LogP contribution in [0.1, 0.15) is 87.5 Å². The van der Waals surface area contributed by atoms with Gasteiger partial charge in [-0.3, -0.25) is 9.59 Å². The van der Waals surface area contributed by atoms with Crippen molar-refractivity contribution in [2.45, 2.75) is 105 Å². The van der Waals surface area contributed by atoms with Gasteiger partial charge in [0.25, 0.3) is 0 Å². The second-order valence-corrected chi connectivity index (χ2v) is 11.4. The summed E-state index contributed by atoms with van der Waals surface area (Å²) in [5.41, 5.74) is 0. The summed E-state index contributed by atoms with van der Waals surface area (Å²) in [6, 6.07) is 0. The van der Waals surface area contributed by atoms with E-state index >= 15 is 0 Å². The Kier molecular flexibility index (Phi) is 16.7. The van der Waals surface area contributed by atoms with Crippen LogP contribution in [0, 0.1) is 23.7 Å². The Balaban J connectivity index is 0. The van der Waals surface area contributed by atoms with Crippen molar-refractivity contribution in [1.29, 1.82) is 0 Å². The predicted molar refractivity (Wildman–Crippen MR) is 116 cm³/mol. The molecule has 0 heterocycles. The molecule has 178 valence electrons. The number of rotatable bonds is 14. The predicted octanol–water partition coefficient (Wildman–Crippen LogP) is 1.30.